The maximum Gasteiger partial charge on any atom is 0.325 e. The quantitative estimate of drug-likeness (QED) is 0.420. The van der Waals surface area contributed by atoms with Gasteiger partial charge in [0.15, 0.2) is 0 Å². The number of rotatable bonds is 5. The van der Waals surface area contributed by atoms with Gasteiger partial charge in [0.05, 0.1) is 16.2 Å². The van der Waals surface area contributed by atoms with Crippen molar-refractivity contribution in [3.63, 3.8) is 0 Å². The summed E-state index contributed by atoms with van der Waals surface area (Å²) in [6.45, 7) is 8.84. The minimum atomic E-state index is -1.30. The molecule has 32 heavy (non-hydrogen) atoms. The Hall–Kier alpha value is -3.75. The summed E-state index contributed by atoms with van der Waals surface area (Å²) >= 11 is 0. The third-order valence-corrected chi connectivity index (χ3v) is 5.68. The Labute approximate surface area is 185 Å². The molecule has 2 aromatic carbocycles. The van der Waals surface area contributed by atoms with E-state index in [1.54, 1.807) is 19.1 Å². The lowest BCUT2D eigenvalue weighted by atomic mass is 9.84. The molecular formula is C23H26N4O5. The normalized spacial score (nSPS) is 18.5. The Bertz CT molecular complexity index is 1100. The molecule has 0 spiro atoms. The molecule has 1 aliphatic rings. The van der Waals surface area contributed by atoms with E-state index in [-0.39, 0.29) is 22.4 Å². The summed E-state index contributed by atoms with van der Waals surface area (Å²) < 4.78 is 0. The van der Waals surface area contributed by atoms with E-state index >= 15 is 0 Å². The molecule has 0 radical (unpaired) electrons. The fourth-order valence-corrected chi connectivity index (χ4v) is 3.63. The van der Waals surface area contributed by atoms with E-state index in [4.69, 9.17) is 0 Å². The zero-order valence-corrected chi connectivity index (χ0v) is 18.7. The van der Waals surface area contributed by atoms with Gasteiger partial charge in [0.1, 0.15) is 12.1 Å². The second-order valence-corrected chi connectivity index (χ2v) is 9.03. The number of hydrogen-bond acceptors (Lipinski definition) is 5. The topological polar surface area (TPSA) is 122 Å². The first-order valence-electron chi connectivity index (χ1n) is 10.1. The SMILES string of the molecule is Cc1c(NC(=O)CN2C(=O)N[C@](C)(c3ccc(C(C)(C)C)cc3)C2=O)cccc1[N+](=O)[O-]. The molecule has 1 saturated heterocycles. The molecule has 1 atom stereocenters. The molecule has 0 unspecified atom stereocenters. The van der Waals surface area contributed by atoms with Crippen molar-refractivity contribution in [2.24, 2.45) is 0 Å². The molecule has 0 bridgehead atoms. The number of nitrogens with one attached hydrogen (secondary N) is 2. The molecule has 168 valence electrons. The molecule has 1 fully saturated rings. The summed E-state index contributed by atoms with van der Waals surface area (Å²) in [5.74, 6) is -1.18. The molecule has 9 heteroatoms. The van der Waals surface area contributed by atoms with E-state index < -0.39 is 34.9 Å². The van der Waals surface area contributed by atoms with E-state index in [0.29, 0.717) is 5.56 Å². The number of amides is 4. The van der Waals surface area contributed by atoms with Crippen LogP contribution in [0.1, 0.15) is 44.4 Å². The van der Waals surface area contributed by atoms with Gasteiger partial charge in [-0.25, -0.2) is 4.79 Å². The predicted octanol–water partition coefficient (Wildman–Crippen LogP) is 3.61. The summed E-state index contributed by atoms with van der Waals surface area (Å²) in [6, 6.07) is 11.1. The summed E-state index contributed by atoms with van der Waals surface area (Å²) in [5, 5.41) is 16.3. The molecule has 3 rings (SSSR count). The number of carbonyl (C=O) groups excluding carboxylic acids is 3. The number of imide groups is 1. The van der Waals surface area contributed by atoms with Gasteiger partial charge in [-0.1, -0.05) is 51.1 Å². The Kier molecular flexibility index (Phi) is 5.78. The van der Waals surface area contributed by atoms with Crippen molar-refractivity contribution in [1.82, 2.24) is 10.2 Å². The van der Waals surface area contributed by atoms with Gasteiger partial charge in [0, 0.05) is 6.07 Å². The van der Waals surface area contributed by atoms with Crippen molar-refractivity contribution in [1.29, 1.82) is 0 Å². The molecule has 1 aliphatic heterocycles. The summed E-state index contributed by atoms with van der Waals surface area (Å²) in [4.78, 5) is 49.6. The third-order valence-electron chi connectivity index (χ3n) is 5.68. The van der Waals surface area contributed by atoms with Crippen LogP contribution in [0.2, 0.25) is 0 Å². The van der Waals surface area contributed by atoms with Gasteiger partial charge in [0.25, 0.3) is 11.6 Å². The van der Waals surface area contributed by atoms with E-state index in [9.17, 15) is 24.5 Å². The number of nitro benzene ring substituents is 1. The van der Waals surface area contributed by atoms with Crippen molar-refractivity contribution in [2.75, 3.05) is 11.9 Å². The fourth-order valence-electron chi connectivity index (χ4n) is 3.63. The van der Waals surface area contributed by atoms with Crippen molar-refractivity contribution < 1.29 is 19.3 Å². The minimum Gasteiger partial charge on any atom is -0.324 e. The van der Waals surface area contributed by atoms with E-state index in [2.05, 4.69) is 31.4 Å². The van der Waals surface area contributed by atoms with Crippen LogP contribution in [0.5, 0.6) is 0 Å². The van der Waals surface area contributed by atoms with Gasteiger partial charge in [-0.05, 0) is 36.5 Å². The third kappa shape index (κ3) is 4.18. The van der Waals surface area contributed by atoms with Crippen LogP contribution in [0.3, 0.4) is 0 Å². The van der Waals surface area contributed by atoms with Crippen LogP contribution in [-0.4, -0.2) is 34.2 Å². The number of anilines is 1. The highest BCUT2D eigenvalue weighted by Gasteiger charge is 2.49. The lowest BCUT2D eigenvalue weighted by molar-refractivity contribution is -0.385. The predicted molar refractivity (Wildman–Crippen MR) is 119 cm³/mol. The number of nitro groups is 1. The summed E-state index contributed by atoms with van der Waals surface area (Å²) in [5.41, 5.74) is 0.742. The standard InChI is InChI=1S/C23H26N4O5/c1-14-17(7-6-8-18(14)27(31)32)24-19(28)13-26-20(29)23(5,25-21(26)30)16-11-9-15(10-12-16)22(2,3)4/h6-12H,13H2,1-5H3,(H,24,28)(H,25,30)/t23-/m1/s1. The first-order chi connectivity index (χ1) is 14.8. The van der Waals surface area contributed by atoms with Gasteiger partial charge >= 0.3 is 6.03 Å². The highest BCUT2D eigenvalue weighted by Crippen LogP contribution is 2.31. The Morgan fingerprint density at radius 2 is 1.78 bits per heavy atom. The fraction of sp³-hybridized carbons (Fsp3) is 0.348. The van der Waals surface area contributed by atoms with Crippen LogP contribution < -0.4 is 10.6 Å². The highest BCUT2D eigenvalue weighted by molar-refractivity contribution is 6.10. The molecule has 2 N–H and O–H groups in total. The average Bonchev–Trinajstić information content (AvgIpc) is 2.93. The van der Waals surface area contributed by atoms with Gasteiger partial charge in [-0.15, -0.1) is 0 Å². The molecular weight excluding hydrogens is 412 g/mol. The van der Waals surface area contributed by atoms with Gasteiger partial charge in [-0.3, -0.25) is 24.6 Å². The van der Waals surface area contributed by atoms with Crippen LogP contribution in [0, 0.1) is 17.0 Å². The monoisotopic (exact) mass is 438 g/mol. The molecule has 2 aromatic rings. The molecule has 9 nitrogen and oxygen atoms in total. The van der Waals surface area contributed by atoms with Gasteiger partial charge < -0.3 is 10.6 Å². The first-order valence-corrected chi connectivity index (χ1v) is 10.1. The molecule has 0 aliphatic carbocycles. The van der Waals surface area contributed by atoms with Gasteiger partial charge in [0.2, 0.25) is 5.91 Å². The first kappa shape index (κ1) is 22.9. The Morgan fingerprint density at radius 1 is 1.16 bits per heavy atom. The van der Waals surface area contributed by atoms with Crippen molar-refractivity contribution in [3.05, 3.63) is 69.3 Å². The van der Waals surface area contributed by atoms with Crippen LogP contribution in [-0.2, 0) is 20.5 Å². The van der Waals surface area contributed by atoms with E-state index in [0.717, 1.165) is 10.5 Å². The number of benzene rings is 2. The number of hydrogen-bond donors (Lipinski definition) is 2. The van der Waals surface area contributed by atoms with E-state index in [1.165, 1.54) is 25.1 Å². The minimum absolute atomic E-state index is 0.0584. The van der Waals surface area contributed by atoms with Crippen LogP contribution in [0.15, 0.2) is 42.5 Å². The smallest absolute Gasteiger partial charge is 0.324 e. The zero-order valence-electron chi connectivity index (χ0n) is 18.7. The summed E-state index contributed by atoms with van der Waals surface area (Å²) in [7, 11) is 0. The van der Waals surface area contributed by atoms with Crippen LogP contribution in [0.4, 0.5) is 16.2 Å². The highest BCUT2D eigenvalue weighted by atomic mass is 16.6. The Morgan fingerprint density at radius 3 is 2.34 bits per heavy atom. The van der Waals surface area contributed by atoms with Crippen molar-refractivity contribution in [3.8, 4) is 0 Å². The van der Waals surface area contributed by atoms with Crippen LogP contribution >= 0.6 is 0 Å². The molecule has 0 aromatic heterocycles. The van der Waals surface area contributed by atoms with Gasteiger partial charge in [-0.2, -0.15) is 0 Å². The number of carbonyl (C=O) groups is 3. The van der Waals surface area contributed by atoms with Crippen molar-refractivity contribution >= 4 is 29.2 Å². The zero-order chi connectivity index (χ0) is 23.8. The largest absolute Gasteiger partial charge is 0.325 e. The van der Waals surface area contributed by atoms with Crippen LogP contribution in [0.25, 0.3) is 0 Å². The summed E-state index contributed by atoms with van der Waals surface area (Å²) in [6.07, 6.45) is 0. The van der Waals surface area contributed by atoms with Crippen molar-refractivity contribution in [2.45, 2.75) is 45.6 Å². The lowest BCUT2D eigenvalue weighted by Crippen LogP contribution is -2.42. The maximum absolute atomic E-state index is 13.1. The number of urea groups is 1. The Balaban J connectivity index is 1.77. The number of nitrogens with zero attached hydrogens (tertiary/aromatic N) is 2. The van der Waals surface area contributed by atoms with E-state index in [1.807, 2.05) is 12.1 Å². The molecule has 0 saturated carbocycles. The maximum atomic E-state index is 13.1. The lowest BCUT2D eigenvalue weighted by Gasteiger charge is -2.24. The molecule has 1 heterocycles. The second kappa shape index (κ2) is 8.07. The molecule has 4 amide bonds. The average molecular weight is 438 g/mol. The second-order valence-electron chi connectivity index (χ2n) is 9.03.